The van der Waals surface area contributed by atoms with Crippen LogP contribution in [0.15, 0.2) is 54.6 Å². The summed E-state index contributed by atoms with van der Waals surface area (Å²) < 4.78 is 6.09. The second-order valence-corrected chi connectivity index (χ2v) is 5.40. The zero-order chi connectivity index (χ0) is 16.1. The molecule has 2 aromatic rings. The molecular formula is C17H20N2O3. The maximum atomic E-state index is 10.7. The molecule has 0 fully saturated rings. The van der Waals surface area contributed by atoms with Crippen LogP contribution < -0.4 is 4.74 Å². The van der Waals surface area contributed by atoms with Gasteiger partial charge in [0.2, 0.25) is 0 Å². The highest BCUT2D eigenvalue weighted by molar-refractivity contribution is 5.36. The third-order valence-electron chi connectivity index (χ3n) is 3.69. The number of nitro groups is 1. The molecule has 0 aromatic heterocycles. The summed E-state index contributed by atoms with van der Waals surface area (Å²) in [5.74, 6) is 0.619. The Morgan fingerprint density at radius 2 is 1.64 bits per heavy atom. The second-order valence-electron chi connectivity index (χ2n) is 5.40. The summed E-state index contributed by atoms with van der Waals surface area (Å²) in [6.07, 6.45) is -0.155. The van der Waals surface area contributed by atoms with Crippen molar-refractivity contribution in [1.82, 2.24) is 4.90 Å². The normalized spacial score (nSPS) is 13.6. The molecule has 0 aliphatic heterocycles. The van der Waals surface area contributed by atoms with E-state index in [9.17, 15) is 10.1 Å². The van der Waals surface area contributed by atoms with Crippen LogP contribution in [0.25, 0.3) is 0 Å². The molecule has 0 bridgehead atoms. The Balaban J connectivity index is 2.24. The van der Waals surface area contributed by atoms with Gasteiger partial charge in [0, 0.05) is 18.2 Å². The molecule has 0 saturated carbocycles. The van der Waals surface area contributed by atoms with Crippen molar-refractivity contribution in [2.75, 3.05) is 14.1 Å². The Morgan fingerprint density at radius 3 is 2.14 bits per heavy atom. The maximum absolute atomic E-state index is 10.7. The van der Waals surface area contributed by atoms with Crippen LogP contribution in [0.1, 0.15) is 18.6 Å². The van der Waals surface area contributed by atoms with Crippen LogP contribution in [0.3, 0.4) is 0 Å². The van der Waals surface area contributed by atoms with Gasteiger partial charge in [-0.15, -0.1) is 0 Å². The van der Waals surface area contributed by atoms with E-state index in [4.69, 9.17) is 4.74 Å². The van der Waals surface area contributed by atoms with Crippen LogP contribution in [-0.2, 0) is 0 Å². The fourth-order valence-electron chi connectivity index (χ4n) is 2.15. The van der Waals surface area contributed by atoms with Crippen molar-refractivity contribution in [3.63, 3.8) is 0 Å². The van der Waals surface area contributed by atoms with Crippen LogP contribution >= 0.6 is 0 Å². The van der Waals surface area contributed by atoms with Gasteiger partial charge in [-0.1, -0.05) is 30.3 Å². The van der Waals surface area contributed by atoms with Gasteiger partial charge in [0.25, 0.3) is 5.69 Å². The number of rotatable bonds is 6. The van der Waals surface area contributed by atoms with Crippen molar-refractivity contribution < 1.29 is 9.66 Å². The minimum absolute atomic E-state index is 0.0595. The predicted molar refractivity (Wildman–Crippen MR) is 86.1 cm³/mol. The summed E-state index contributed by atoms with van der Waals surface area (Å²) in [7, 11) is 4.00. The Hall–Kier alpha value is -2.40. The Labute approximate surface area is 130 Å². The van der Waals surface area contributed by atoms with E-state index in [1.54, 1.807) is 12.1 Å². The fourth-order valence-corrected chi connectivity index (χ4v) is 2.15. The molecular weight excluding hydrogens is 280 g/mol. The standard InChI is InChI=1S/C17H20N2O3/c1-13(18(2)3)17(14-7-5-4-6-8-14)22-16-11-9-15(10-12-16)19(20)21/h4-13,17H,1-3H3/t13-,17?/m1/s1. The monoisotopic (exact) mass is 300 g/mol. The first-order chi connectivity index (χ1) is 10.5. The lowest BCUT2D eigenvalue weighted by Crippen LogP contribution is -2.34. The topological polar surface area (TPSA) is 55.6 Å². The van der Waals surface area contributed by atoms with E-state index in [1.165, 1.54) is 12.1 Å². The van der Waals surface area contributed by atoms with E-state index in [0.29, 0.717) is 5.75 Å². The third kappa shape index (κ3) is 3.83. The molecule has 0 spiro atoms. The van der Waals surface area contributed by atoms with Crippen LogP contribution in [0.2, 0.25) is 0 Å². The minimum Gasteiger partial charge on any atom is -0.484 e. The first-order valence-electron chi connectivity index (χ1n) is 7.11. The van der Waals surface area contributed by atoms with Crippen LogP contribution in [0.5, 0.6) is 5.75 Å². The van der Waals surface area contributed by atoms with Gasteiger partial charge in [0.15, 0.2) is 0 Å². The lowest BCUT2D eigenvalue weighted by atomic mass is 10.0. The molecule has 116 valence electrons. The van der Waals surface area contributed by atoms with Crippen molar-refractivity contribution in [1.29, 1.82) is 0 Å². The van der Waals surface area contributed by atoms with Crippen molar-refractivity contribution >= 4 is 5.69 Å². The van der Waals surface area contributed by atoms with Crippen molar-refractivity contribution in [3.05, 3.63) is 70.3 Å². The molecule has 0 aliphatic carbocycles. The number of hydrogen-bond acceptors (Lipinski definition) is 4. The zero-order valence-corrected chi connectivity index (χ0v) is 13.0. The van der Waals surface area contributed by atoms with E-state index in [-0.39, 0.29) is 17.8 Å². The Bertz CT molecular complexity index is 612. The molecule has 0 radical (unpaired) electrons. The van der Waals surface area contributed by atoms with Crippen LogP contribution in [0, 0.1) is 10.1 Å². The molecule has 22 heavy (non-hydrogen) atoms. The molecule has 0 heterocycles. The van der Waals surface area contributed by atoms with E-state index < -0.39 is 4.92 Å². The van der Waals surface area contributed by atoms with E-state index in [0.717, 1.165) is 5.56 Å². The summed E-state index contributed by atoms with van der Waals surface area (Å²) in [5, 5.41) is 10.7. The van der Waals surface area contributed by atoms with Gasteiger partial charge >= 0.3 is 0 Å². The molecule has 2 aromatic carbocycles. The lowest BCUT2D eigenvalue weighted by Gasteiger charge is -2.30. The Morgan fingerprint density at radius 1 is 1.05 bits per heavy atom. The van der Waals surface area contributed by atoms with Gasteiger partial charge in [-0.05, 0) is 38.7 Å². The smallest absolute Gasteiger partial charge is 0.269 e. The highest BCUT2D eigenvalue weighted by Gasteiger charge is 2.23. The fraction of sp³-hybridized carbons (Fsp3) is 0.294. The summed E-state index contributed by atoms with van der Waals surface area (Å²) in [5.41, 5.74) is 1.13. The van der Waals surface area contributed by atoms with Crippen LogP contribution in [0.4, 0.5) is 5.69 Å². The quantitative estimate of drug-likeness (QED) is 0.603. The number of benzene rings is 2. The lowest BCUT2D eigenvalue weighted by molar-refractivity contribution is -0.384. The van der Waals surface area contributed by atoms with Crippen molar-refractivity contribution in [2.24, 2.45) is 0 Å². The number of likely N-dealkylation sites (N-methyl/N-ethyl adjacent to an activating group) is 1. The molecule has 0 amide bonds. The average Bonchev–Trinajstić information content (AvgIpc) is 2.53. The van der Waals surface area contributed by atoms with Gasteiger partial charge in [0.05, 0.1) is 4.92 Å². The van der Waals surface area contributed by atoms with Gasteiger partial charge in [-0.3, -0.25) is 10.1 Å². The van der Waals surface area contributed by atoms with Crippen molar-refractivity contribution in [2.45, 2.75) is 19.1 Å². The van der Waals surface area contributed by atoms with E-state index in [2.05, 4.69) is 11.8 Å². The highest BCUT2D eigenvalue weighted by atomic mass is 16.6. The molecule has 5 nitrogen and oxygen atoms in total. The first kappa shape index (κ1) is 16.0. The van der Waals surface area contributed by atoms with Crippen molar-refractivity contribution in [3.8, 4) is 5.75 Å². The van der Waals surface area contributed by atoms with E-state index in [1.807, 2.05) is 44.4 Å². The summed E-state index contributed by atoms with van der Waals surface area (Å²) in [6, 6.07) is 16.3. The SMILES string of the molecule is C[C@H](C(Oc1ccc([N+](=O)[O-])cc1)c1ccccc1)N(C)C. The summed E-state index contributed by atoms with van der Waals surface area (Å²) in [4.78, 5) is 12.4. The maximum Gasteiger partial charge on any atom is 0.269 e. The van der Waals surface area contributed by atoms with Gasteiger partial charge < -0.3 is 9.64 Å². The molecule has 5 heteroatoms. The summed E-state index contributed by atoms with van der Waals surface area (Å²) in [6.45, 7) is 2.09. The van der Waals surface area contributed by atoms with Crippen LogP contribution in [-0.4, -0.2) is 30.0 Å². The van der Waals surface area contributed by atoms with Gasteiger partial charge in [-0.2, -0.15) is 0 Å². The number of nitrogens with zero attached hydrogens (tertiary/aromatic N) is 2. The second kappa shape index (κ2) is 7.04. The molecule has 2 rings (SSSR count). The van der Waals surface area contributed by atoms with Gasteiger partial charge in [-0.25, -0.2) is 0 Å². The largest absolute Gasteiger partial charge is 0.484 e. The molecule has 2 atom stereocenters. The average molecular weight is 300 g/mol. The summed E-state index contributed by atoms with van der Waals surface area (Å²) >= 11 is 0. The van der Waals surface area contributed by atoms with E-state index >= 15 is 0 Å². The third-order valence-corrected chi connectivity index (χ3v) is 3.69. The van der Waals surface area contributed by atoms with Gasteiger partial charge in [0.1, 0.15) is 11.9 Å². The molecule has 0 saturated heterocycles. The number of ether oxygens (including phenoxy) is 1. The minimum atomic E-state index is -0.416. The zero-order valence-electron chi connectivity index (χ0n) is 13.0. The molecule has 1 unspecified atom stereocenters. The predicted octanol–water partition coefficient (Wildman–Crippen LogP) is 3.67. The number of hydrogen-bond donors (Lipinski definition) is 0. The molecule has 0 aliphatic rings. The number of non-ortho nitro benzene ring substituents is 1. The highest BCUT2D eigenvalue weighted by Crippen LogP contribution is 2.28. The first-order valence-corrected chi connectivity index (χ1v) is 7.11. The Kier molecular flexibility index (Phi) is 5.12. The number of nitro benzene ring substituents is 1. The molecule has 0 N–H and O–H groups in total.